The standard InChI is InChI=1S/C61H47NO/c1-59(2)49-22-12-9-18-41(49)44-29-26-37(33-52(44)59)56-40-17-8-7-16-36(40)32-48-47-21-15-25-55(57(47)63-58(48)56)62(38-27-30-45-42-19-10-13-23-50(42)60(3,4)53(45)34-38)39-28-31-46-43-20-11-14-24-51(43)61(5,6)54(46)35-39/h7-35H,1-6H3. The number of nitrogens with zero attached hydrogens (tertiary/aromatic N) is 1. The maximum Gasteiger partial charge on any atom is 0.159 e. The molecule has 0 atom stereocenters. The van der Waals surface area contributed by atoms with Gasteiger partial charge in [-0.1, -0.05) is 175 Å². The summed E-state index contributed by atoms with van der Waals surface area (Å²) in [6.45, 7) is 14.2. The molecule has 0 saturated heterocycles. The van der Waals surface area contributed by atoms with Crippen LogP contribution in [0.15, 0.2) is 180 Å². The highest BCUT2D eigenvalue weighted by Gasteiger charge is 2.39. The predicted octanol–water partition coefficient (Wildman–Crippen LogP) is 16.8. The zero-order valence-corrected chi connectivity index (χ0v) is 36.6. The van der Waals surface area contributed by atoms with Gasteiger partial charge in [0, 0.05) is 44.0 Å². The minimum atomic E-state index is -0.151. The van der Waals surface area contributed by atoms with Crippen LogP contribution >= 0.6 is 0 Å². The Morgan fingerprint density at radius 3 is 1.38 bits per heavy atom. The molecule has 0 radical (unpaired) electrons. The maximum atomic E-state index is 7.46. The van der Waals surface area contributed by atoms with Crippen molar-refractivity contribution < 1.29 is 4.42 Å². The smallest absolute Gasteiger partial charge is 0.159 e. The minimum absolute atomic E-state index is 0.120. The van der Waals surface area contributed by atoms with Gasteiger partial charge in [-0.25, -0.2) is 0 Å². The average Bonchev–Trinajstić information content (AvgIpc) is 3.94. The lowest BCUT2D eigenvalue weighted by atomic mass is 9.81. The second-order valence-corrected chi connectivity index (χ2v) is 19.7. The number of hydrogen-bond donors (Lipinski definition) is 0. The normalized spacial score (nSPS) is 15.5. The Morgan fingerprint density at radius 2 is 0.810 bits per heavy atom. The number of furan rings is 1. The summed E-state index contributed by atoms with van der Waals surface area (Å²) in [5.74, 6) is 0. The molecular formula is C61H47NO. The number of fused-ring (bicyclic) bond motifs is 13. The van der Waals surface area contributed by atoms with Gasteiger partial charge in [0.1, 0.15) is 5.58 Å². The molecule has 0 N–H and O–H groups in total. The zero-order chi connectivity index (χ0) is 42.6. The van der Waals surface area contributed by atoms with Crippen LogP contribution in [0, 0.1) is 0 Å². The van der Waals surface area contributed by atoms with Gasteiger partial charge in [-0.3, -0.25) is 0 Å². The van der Waals surface area contributed by atoms with E-state index in [0.717, 1.165) is 44.6 Å². The first-order valence-corrected chi connectivity index (χ1v) is 22.4. The lowest BCUT2D eigenvalue weighted by Crippen LogP contribution is -2.18. The van der Waals surface area contributed by atoms with Crippen molar-refractivity contribution in [2.24, 2.45) is 0 Å². The molecule has 1 aromatic heterocycles. The van der Waals surface area contributed by atoms with Gasteiger partial charge in [-0.15, -0.1) is 0 Å². The van der Waals surface area contributed by atoms with Gasteiger partial charge in [0.05, 0.1) is 5.69 Å². The highest BCUT2D eigenvalue weighted by Crippen LogP contribution is 2.55. The Balaban J connectivity index is 1.06. The van der Waals surface area contributed by atoms with Gasteiger partial charge in [0.15, 0.2) is 5.58 Å². The fourth-order valence-corrected chi connectivity index (χ4v) is 12.0. The lowest BCUT2D eigenvalue weighted by Gasteiger charge is -2.29. The molecule has 63 heavy (non-hydrogen) atoms. The number of anilines is 3. The van der Waals surface area contributed by atoms with Crippen LogP contribution in [0.2, 0.25) is 0 Å². The van der Waals surface area contributed by atoms with Gasteiger partial charge in [-0.2, -0.15) is 0 Å². The van der Waals surface area contributed by atoms with Gasteiger partial charge < -0.3 is 9.32 Å². The van der Waals surface area contributed by atoms with Crippen LogP contribution in [0.5, 0.6) is 0 Å². The Labute approximate surface area is 369 Å². The summed E-state index contributed by atoms with van der Waals surface area (Å²) in [7, 11) is 0. The molecule has 0 spiro atoms. The molecule has 0 fully saturated rings. The van der Waals surface area contributed by atoms with E-state index in [2.05, 4.69) is 222 Å². The maximum absolute atomic E-state index is 7.46. The van der Waals surface area contributed by atoms with Crippen LogP contribution < -0.4 is 4.90 Å². The predicted molar refractivity (Wildman–Crippen MR) is 264 cm³/mol. The summed E-state index contributed by atoms with van der Waals surface area (Å²) in [5, 5.41) is 4.63. The van der Waals surface area contributed by atoms with Crippen molar-refractivity contribution in [3.63, 3.8) is 0 Å². The summed E-state index contributed by atoms with van der Waals surface area (Å²) in [4.78, 5) is 2.46. The summed E-state index contributed by atoms with van der Waals surface area (Å²) < 4.78 is 7.46. The topological polar surface area (TPSA) is 16.4 Å². The van der Waals surface area contributed by atoms with E-state index in [-0.39, 0.29) is 16.2 Å². The quantitative estimate of drug-likeness (QED) is 0.176. The molecule has 2 nitrogen and oxygen atoms in total. The molecule has 0 bridgehead atoms. The van der Waals surface area contributed by atoms with Crippen LogP contribution in [0.3, 0.4) is 0 Å². The highest BCUT2D eigenvalue weighted by molar-refractivity contribution is 6.20. The van der Waals surface area contributed by atoms with Crippen LogP contribution in [-0.2, 0) is 16.2 Å². The molecule has 2 heteroatoms. The van der Waals surface area contributed by atoms with Crippen molar-refractivity contribution in [1.29, 1.82) is 0 Å². The van der Waals surface area contributed by atoms with Crippen molar-refractivity contribution in [1.82, 2.24) is 0 Å². The van der Waals surface area contributed by atoms with E-state index in [9.17, 15) is 0 Å². The molecule has 13 rings (SSSR count). The van der Waals surface area contributed by atoms with E-state index in [4.69, 9.17) is 4.42 Å². The summed E-state index contributed by atoms with van der Waals surface area (Å²) in [5.41, 5.74) is 23.0. The van der Waals surface area contributed by atoms with Crippen LogP contribution in [0.1, 0.15) is 74.9 Å². The first kappa shape index (κ1) is 36.5. The van der Waals surface area contributed by atoms with Gasteiger partial charge in [0.25, 0.3) is 0 Å². The molecular weight excluding hydrogens is 763 g/mol. The lowest BCUT2D eigenvalue weighted by molar-refractivity contribution is 0.659. The minimum Gasteiger partial charge on any atom is -0.453 e. The average molecular weight is 810 g/mol. The molecule has 0 unspecified atom stereocenters. The monoisotopic (exact) mass is 809 g/mol. The Kier molecular flexibility index (Phi) is 7.23. The second kappa shape index (κ2) is 12.5. The third kappa shape index (κ3) is 4.84. The molecule has 9 aromatic carbocycles. The van der Waals surface area contributed by atoms with E-state index in [1.165, 1.54) is 83.1 Å². The highest BCUT2D eigenvalue weighted by atomic mass is 16.3. The van der Waals surface area contributed by atoms with E-state index >= 15 is 0 Å². The zero-order valence-electron chi connectivity index (χ0n) is 36.6. The third-order valence-corrected chi connectivity index (χ3v) is 15.3. The van der Waals surface area contributed by atoms with Crippen LogP contribution in [0.25, 0.3) is 77.2 Å². The van der Waals surface area contributed by atoms with E-state index < -0.39 is 0 Å². The van der Waals surface area contributed by atoms with Gasteiger partial charge >= 0.3 is 0 Å². The summed E-state index contributed by atoms with van der Waals surface area (Å²) in [6.07, 6.45) is 0. The molecule has 302 valence electrons. The number of para-hydroxylation sites is 1. The Hall–Kier alpha value is -7.16. The molecule has 0 amide bonds. The van der Waals surface area contributed by atoms with Gasteiger partial charge in [0.2, 0.25) is 0 Å². The Morgan fingerprint density at radius 1 is 0.349 bits per heavy atom. The molecule has 1 heterocycles. The second-order valence-electron chi connectivity index (χ2n) is 19.7. The SMILES string of the molecule is CC1(C)c2ccccc2-c2ccc(-c3c4ccccc4cc4c3oc3c(N(c5ccc6c(c5)C(C)(C)c5ccccc5-6)c5ccc6c(c5)C(C)(C)c5ccccc5-6)cccc34)cc21. The van der Waals surface area contributed by atoms with Crippen molar-refractivity contribution >= 4 is 49.8 Å². The molecule has 10 aromatic rings. The van der Waals surface area contributed by atoms with Crippen LogP contribution in [-0.4, -0.2) is 0 Å². The number of rotatable bonds is 4. The van der Waals surface area contributed by atoms with Crippen LogP contribution in [0.4, 0.5) is 17.1 Å². The molecule has 3 aliphatic carbocycles. The molecule has 0 aliphatic heterocycles. The summed E-state index contributed by atoms with van der Waals surface area (Å²) >= 11 is 0. The third-order valence-electron chi connectivity index (χ3n) is 15.3. The van der Waals surface area contributed by atoms with Crippen molar-refractivity contribution in [2.45, 2.75) is 57.8 Å². The molecule has 0 saturated carbocycles. The fourth-order valence-electron chi connectivity index (χ4n) is 12.0. The largest absolute Gasteiger partial charge is 0.453 e. The van der Waals surface area contributed by atoms with Gasteiger partial charge in [-0.05, 0) is 126 Å². The molecule has 3 aliphatic rings. The van der Waals surface area contributed by atoms with Crippen molar-refractivity contribution in [3.8, 4) is 44.5 Å². The first-order valence-electron chi connectivity index (χ1n) is 22.4. The Bertz CT molecular complexity index is 3510. The van der Waals surface area contributed by atoms with Crippen molar-refractivity contribution in [2.75, 3.05) is 4.90 Å². The van der Waals surface area contributed by atoms with Crippen molar-refractivity contribution in [3.05, 3.63) is 209 Å². The fraction of sp³-hybridized carbons (Fsp3) is 0.148. The number of hydrogen-bond acceptors (Lipinski definition) is 2. The van der Waals surface area contributed by atoms with E-state index in [1.54, 1.807) is 0 Å². The van der Waals surface area contributed by atoms with E-state index in [1.807, 2.05) is 0 Å². The summed E-state index contributed by atoms with van der Waals surface area (Å²) in [6, 6.07) is 65.8. The van der Waals surface area contributed by atoms with E-state index in [0.29, 0.717) is 0 Å². The first-order chi connectivity index (χ1) is 30.5. The number of benzene rings is 9.